The maximum atomic E-state index is 12.9. The summed E-state index contributed by atoms with van der Waals surface area (Å²) in [5.41, 5.74) is 3.41. The number of ether oxygens (including phenoxy) is 2. The SMILES string of the molecule is CCc1ccc(NC(=O)COc2ccc(/C=C3\SC(=O)N(Cc4ccc(Br)cc4)C3=O)cc2OC)cc1. The summed E-state index contributed by atoms with van der Waals surface area (Å²) in [4.78, 5) is 39.2. The zero-order valence-electron chi connectivity index (χ0n) is 20.3. The van der Waals surface area contributed by atoms with Crippen LogP contribution < -0.4 is 14.8 Å². The summed E-state index contributed by atoms with van der Waals surface area (Å²) in [5.74, 6) is 0.151. The number of benzene rings is 3. The molecule has 3 aromatic rings. The van der Waals surface area contributed by atoms with Gasteiger partial charge in [-0.2, -0.15) is 0 Å². The van der Waals surface area contributed by atoms with Gasteiger partial charge >= 0.3 is 0 Å². The monoisotopic (exact) mass is 580 g/mol. The molecule has 1 saturated heterocycles. The molecule has 3 aromatic carbocycles. The number of imide groups is 1. The first-order valence-corrected chi connectivity index (χ1v) is 13.2. The third kappa shape index (κ3) is 6.81. The number of halogens is 1. The van der Waals surface area contributed by atoms with Crippen molar-refractivity contribution in [3.05, 3.63) is 92.8 Å². The van der Waals surface area contributed by atoms with Crippen LogP contribution >= 0.6 is 27.7 Å². The first-order valence-electron chi connectivity index (χ1n) is 11.6. The Balaban J connectivity index is 1.39. The van der Waals surface area contributed by atoms with Crippen LogP contribution in [0.1, 0.15) is 23.6 Å². The Kier molecular flexibility index (Phi) is 8.68. The molecule has 1 N–H and O–H groups in total. The van der Waals surface area contributed by atoms with Crippen LogP contribution in [-0.2, 0) is 22.6 Å². The number of thioether (sulfide) groups is 1. The van der Waals surface area contributed by atoms with Crippen molar-refractivity contribution >= 4 is 56.5 Å². The zero-order valence-corrected chi connectivity index (χ0v) is 22.7. The quantitative estimate of drug-likeness (QED) is 0.300. The lowest BCUT2D eigenvalue weighted by molar-refractivity contribution is -0.123. The first-order chi connectivity index (χ1) is 17.9. The molecule has 0 bridgehead atoms. The molecule has 7 nitrogen and oxygen atoms in total. The van der Waals surface area contributed by atoms with Gasteiger partial charge in [-0.25, -0.2) is 0 Å². The number of hydrogen-bond acceptors (Lipinski definition) is 6. The summed E-state index contributed by atoms with van der Waals surface area (Å²) in [6.45, 7) is 2.08. The fourth-order valence-corrected chi connectivity index (χ4v) is 4.72. The van der Waals surface area contributed by atoms with E-state index in [4.69, 9.17) is 9.47 Å². The van der Waals surface area contributed by atoms with E-state index in [2.05, 4.69) is 28.2 Å². The van der Waals surface area contributed by atoms with Crippen molar-refractivity contribution in [3.8, 4) is 11.5 Å². The van der Waals surface area contributed by atoms with Crippen LogP contribution in [0.4, 0.5) is 10.5 Å². The predicted molar refractivity (Wildman–Crippen MR) is 149 cm³/mol. The van der Waals surface area contributed by atoms with Crippen LogP contribution in [0.3, 0.4) is 0 Å². The van der Waals surface area contributed by atoms with Crippen molar-refractivity contribution < 1.29 is 23.9 Å². The van der Waals surface area contributed by atoms with Gasteiger partial charge in [0.2, 0.25) is 0 Å². The molecule has 190 valence electrons. The number of nitrogens with one attached hydrogen (secondary N) is 1. The standard InChI is InChI=1S/C28H25BrN2O5S/c1-3-18-6-11-22(12-7-18)30-26(32)17-36-23-13-8-20(14-24(23)35-2)15-25-27(33)31(28(34)37-25)16-19-4-9-21(29)10-5-19/h4-15H,3,16-17H2,1-2H3,(H,30,32)/b25-15-. The summed E-state index contributed by atoms with van der Waals surface area (Å²) in [7, 11) is 1.49. The van der Waals surface area contributed by atoms with Gasteiger partial charge in [0, 0.05) is 10.2 Å². The van der Waals surface area contributed by atoms with Crippen molar-refractivity contribution in [2.45, 2.75) is 19.9 Å². The topological polar surface area (TPSA) is 84.9 Å². The fraction of sp³-hybridized carbons (Fsp3) is 0.179. The molecule has 0 aliphatic carbocycles. The second-order valence-electron chi connectivity index (χ2n) is 8.19. The van der Waals surface area contributed by atoms with Gasteiger partial charge in [-0.1, -0.05) is 53.2 Å². The van der Waals surface area contributed by atoms with Crippen LogP contribution in [-0.4, -0.2) is 35.7 Å². The third-order valence-corrected chi connectivity index (χ3v) is 7.05. The number of methoxy groups -OCH3 is 1. The lowest BCUT2D eigenvalue weighted by Gasteiger charge is -2.13. The zero-order chi connectivity index (χ0) is 26.4. The average Bonchev–Trinajstić information content (AvgIpc) is 3.16. The molecule has 1 fully saturated rings. The molecule has 0 atom stereocenters. The second kappa shape index (κ2) is 12.1. The van der Waals surface area contributed by atoms with E-state index in [0.717, 1.165) is 28.2 Å². The van der Waals surface area contributed by atoms with E-state index in [1.165, 1.54) is 17.6 Å². The van der Waals surface area contributed by atoms with Gasteiger partial charge in [0.25, 0.3) is 17.1 Å². The maximum absolute atomic E-state index is 12.9. The molecule has 1 heterocycles. The summed E-state index contributed by atoms with van der Waals surface area (Å²) in [5, 5.41) is 2.48. The highest BCUT2D eigenvalue weighted by atomic mass is 79.9. The summed E-state index contributed by atoms with van der Waals surface area (Å²) in [6, 6.07) is 20.2. The minimum Gasteiger partial charge on any atom is -0.493 e. The van der Waals surface area contributed by atoms with Crippen LogP contribution in [0, 0.1) is 0 Å². The molecule has 3 amide bonds. The highest BCUT2D eigenvalue weighted by Gasteiger charge is 2.35. The molecular formula is C28H25BrN2O5S. The Labute approximate surface area is 228 Å². The lowest BCUT2D eigenvalue weighted by Crippen LogP contribution is -2.27. The molecule has 0 unspecified atom stereocenters. The van der Waals surface area contributed by atoms with E-state index < -0.39 is 0 Å². The lowest BCUT2D eigenvalue weighted by atomic mass is 10.1. The van der Waals surface area contributed by atoms with Gasteiger partial charge in [0.1, 0.15) is 0 Å². The molecule has 0 radical (unpaired) electrons. The van der Waals surface area contributed by atoms with Crippen molar-refractivity contribution in [1.82, 2.24) is 4.90 Å². The van der Waals surface area contributed by atoms with Gasteiger partial charge in [-0.3, -0.25) is 19.3 Å². The van der Waals surface area contributed by atoms with Crippen molar-refractivity contribution in [1.29, 1.82) is 0 Å². The molecule has 4 rings (SSSR count). The largest absolute Gasteiger partial charge is 0.493 e. The van der Waals surface area contributed by atoms with E-state index in [-0.39, 0.29) is 30.2 Å². The Morgan fingerprint density at radius 1 is 1.00 bits per heavy atom. The predicted octanol–water partition coefficient (Wildman–Crippen LogP) is 6.27. The normalized spacial score (nSPS) is 14.2. The first kappa shape index (κ1) is 26.5. The smallest absolute Gasteiger partial charge is 0.293 e. The molecule has 9 heteroatoms. The second-order valence-corrected chi connectivity index (χ2v) is 10.1. The molecular weight excluding hydrogens is 556 g/mol. The number of nitrogens with zero attached hydrogens (tertiary/aromatic N) is 1. The van der Waals surface area contributed by atoms with Crippen LogP contribution in [0.25, 0.3) is 6.08 Å². The number of hydrogen-bond donors (Lipinski definition) is 1. The molecule has 37 heavy (non-hydrogen) atoms. The van der Waals surface area contributed by atoms with E-state index >= 15 is 0 Å². The highest BCUT2D eigenvalue weighted by molar-refractivity contribution is 9.10. The van der Waals surface area contributed by atoms with E-state index in [1.807, 2.05) is 48.5 Å². The molecule has 0 aromatic heterocycles. The Hall–Kier alpha value is -3.56. The van der Waals surface area contributed by atoms with E-state index in [0.29, 0.717) is 27.7 Å². The number of amides is 3. The van der Waals surface area contributed by atoms with Crippen molar-refractivity contribution in [2.75, 3.05) is 19.0 Å². The number of anilines is 1. The Bertz CT molecular complexity index is 1340. The molecule has 0 spiro atoms. The number of carbonyl (C=O) groups excluding carboxylic acids is 3. The molecule has 0 saturated carbocycles. The average molecular weight is 581 g/mol. The minimum absolute atomic E-state index is 0.194. The minimum atomic E-state index is -0.346. The highest BCUT2D eigenvalue weighted by Crippen LogP contribution is 2.35. The third-order valence-electron chi connectivity index (χ3n) is 5.62. The summed E-state index contributed by atoms with van der Waals surface area (Å²) >= 11 is 4.28. The van der Waals surface area contributed by atoms with Gasteiger partial charge < -0.3 is 14.8 Å². The van der Waals surface area contributed by atoms with E-state index in [9.17, 15) is 14.4 Å². The van der Waals surface area contributed by atoms with Gasteiger partial charge in [-0.15, -0.1) is 0 Å². The van der Waals surface area contributed by atoms with Crippen LogP contribution in [0.2, 0.25) is 0 Å². The van der Waals surface area contributed by atoms with Gasteiger partial charge in [-0.05, 0) is 77.3 Å². The molecule has 1 aliphatic heterocycles. The number of aryl methyl sites for hydroxylation is 1. The fourth-order valence-electron chi connectivity index (χ4n) is 3.62. The van der Waals surface area contributed by atoms with Crippen LogP contribution in [0.15, 0.2) is 76.1 Å². The van der Waals surface area contributed by atoms with Crippen LogP contribution in [0.5, 0.6) is 11.5 Å². The Morgan fingerprint density at radius 2 is 1.70 bits per heavy atom. The van der Waals surface area contributed by atoms with Crippen molar-refractivity contribution in [3.63, 3.8) is 0 Å². The summed E-state index contributed by atoms with van der Waals surface area (Å²) < 4.78 is 12.0. The van der Waals surface area contributed by atoms with Gasteiger partial charge in [0.15, 0.2) is 18.1 Å². The van der Waals surface area contributed by atoms with E-state index in [1.54, 1.807) is 24.3 Å². The maximum Gasteiger partial charge on any atom is 0.293 e. The Morgan fingerprint density at radius 3 is 2.38 bits per heavy atom. The summed E-state index contributed by atoms with van der Waals surface area (Å²) in [6.07, 6.45) is 2.57. The number of carbonyl (C=O) groups is 3. The van der Waals surface area contributed by atoms with Crippen molar-refractivity contribution in [2.24, 2.45) is 0 Å². The molecule has 1 aliphatic rings. The number of rotatable bonds is 9. The van der Waals surface area contributed by atoms with Gasteiger partial charge in [0.05, 0.1) is 18.6 Å².